The molecule has 0 aliphatic rings. The van der Waals surface area contributed by atoms with Gasteiger partial charge in [0, 0.05) is 5.69 Å². The predicted octanol–water partition coefficient (Wildman–Crippen LogP) is 3.33. The van der Waals surface area contributed by atoms with Gasteiger partial charge in [-0.1, -0.05) is 0 Å². The average Bonchev–Trinajstić information content (AvgIpc) is 2.80. The molecule has 0 saturated heterocycles. The highest BCUT2D eigenvalue weighted by Crippen LogP contribution is 2.23. The molecular formula is C16H19N5O2. The Balaban J connectivity index is 2.11. The van der Waals surface area contributed by atoms with E-state index in [0.717, 1.165) is 5.69 Å². The predicted molar refractivity (Wildman–Crippen MR) is 87.6 cm³/mol. The molecule has 0 bridgehead atoms. The van der Waals surface area contributed by atoms with Crippen LogP contribution in [0.1, 0.15) is 30.8 Å². The number of ether oxygens (including phenoxy) is 1. The number of anilines is 2. The third-order valence-corrected chi connectivity index (χ3v) is 3.09. The van der Waals surface area contributed by atoms with Crippen molar-refractivity contribution in [2.24, 2.45) is 0 Å². The van der Waals surface area contributed by atoms with Gasteiger partial charge in [-0.25, -0.2) is 4.79 Å². The number of aromatic nitrogens is 2. The molecule has 23 heavy (non-hydrogen) atoms. The molecule has 1 aromatic carbocycles. The number of hydrogen-bond acceptors (Lipinski definition) is 4. The van der Waals surface area contributed by atoms with Crippen molar-refractivity contribution in [1.82, 2.24) is 10.2 Å². The summed E-state index contributed by atoms with van der Waals surface area (Å²) in [6.45, 7) is 7.39. The molecule has 0 aliphatic heterocycles. The maximum Gasteiger partial charge on any atom is 0.323 e. The van der Waals surface area contributed by atoms with E-state index in [9.17, 15) is 10.1 Å². The Morgan fingerprint density at radius 2 is 2.09 bits per heavy atom. The van der Waals surface area contributed by atoms with Crippen molar-refractivity contribution in [1.29, 1.82) is 5.26 Å². The Bertz CT molecular complexity index is 739. The molecule has 0 atom stereocenters. The third kappa shape index (κ3) is 4.01. The van der Waals surface area contributed by atoms with Crippen LogP contribution in [0.3, 0.4) is 0 Å². The lowest BCUT2D eigenvalue weighted by Crippen LogP contribution is -2.20. The molecule has 120 valence electrons. The van der Waals surface area contributed by atoms with Crippen molar-refractivity contribution < 1.29 is 9.53 Å². The van der Waals surface area contributed by atoms with Gasteiger partial charge in [0.15, 0.2) is 0 Å². The second-order valence-electron chi connectivity index (χ2n) is 5.38. The highest BCUT2D eigenvalue weighted by molar-refractivity contribution is 6.00. The topological polar surface area (TPSA) is 103 Å². The van der Waals surface area contributed by atoms with E-state index in [-0.39, 0.29) is 6.10 Å². The first-order chi connectivity index (χ1) is 10.9. The molecule has 2 rings (SSSR count). The summed E-state index contributed by atoms with van der Waals surface area (Å²) in [7, 11) is 0. The van der Waals surface area contributed by atoms with E-state index in [1.54, 1.807) is 25.1 Å². The van der Waals surface area contributed by atoms with E-state index in [0.29, 0.717) is 28.4 Å². The molecule has 2 aromatic rings. The summed E-state index contributed by atoms with van der Waals surface area (Å²) in [5.41, 5.74) is 3.00. The van der Waals surface area contributed by atoms with Gasteiger partial charge in [0.25, 0.3) is 0 Å². The van der Waals surface area contributed by atoms with Crippen molar-refractivity contribution in [3.05, 3.63) is 35.2 Å². The number of H-pyrrole nitrogens is 1. The van der Waals surface area contributed by atoms with E-state index < -0.39 is 6.03 Å². The summed E-state index contributed by atoms with van der Waals surface area (Å²) in [6, 6.07) is 6.60. The molecule has 0 unspecified atom stereocenters. The van der Waals surface area contributed by atoms with E-state index in [2.05, 4.69) is 26.9 Å². The van der Waals surface area contributed by atoms with Crippen molar-refractivity contribution >= 4 is 17.4 Å². The smallest absolute Gasteiger partial charge is 0.323 e. The lowest BCUT2D eigenvalue weighted by Gasteiger charge is -2.13. The van der Waals surface area contributed by atoms with Crippen molar-refractivity contribution in [3.63, 3.8) is 0 Å². The fourth-order valence-corrected chi connectivity index (χ4v) is 2.06. The molecule has 0 radical (unpaired) electrons. The number of amides is 2. The highest BCUT2D eigenvalue weighted by Gasteiger charge is 2.12. The number of aryl methyl sites for hydroxylation is 2. The summed E-state index contributed by atoms with van der Waals surface area (Å²) < 4.78 is 5.55. The standard InChI is InChI=1S/C16H19N5O2/c1-9(2)23-14-6-5-13(7-12(14)8-17)18-16(22)19-15-10(3)20-21-11(15)4/h5-7,9H,1-4H3,(H,20,21)(H2,18,19,22). The lowest BCUT2D eigenvalue weighted by atomic mass is 10.2. The Morgan fingerprint density at radius 3 is 2.65 bits per heavy atom. The van der Waals surface area contributed by atoms with Crippen LogP contribution in [-0.4, -0.2) is 22.3 Å². The van der Waals surface area contributed by atoms with Crippen LogP contribution in [0.2, 0.25) is 0 Å². The lowest BCUT2D eigenvalue weighted by molar-refractivity contribution is 0.241. The fourth-order valence-electron chi connectivity index (χ4n) is 2.06. The molecule has 2 amide bonds. The van der Waals surface area contributed by atoms with Crippen LogP contribution in [0.15, 0.2) is 18.2 Å². The van der Waals surface area contributed by atoms with Gasteiger partial charge in [0.05, 0.1) is 28.7 Å². The molecular weight excluding hydrogens is 294 g/mol. The van der Waals surface area contributed by atoms with E-state index in [1.165, 1.54) is 0 Å². The minimum atomic E-state index is -0.404. The Hall–Kier alpha value is -3.01. The Labute approximate surface area is 134 Å². The summed E-state index contributed by atoms with van der Waals surface area (Å²) in [5, 5.41) is 21.4. The molecule has 1 heterocycles. The van der Waals surface area contributed by atoms with Gasteiger partial charge in [-0.2, -0.15) is 10.4 Å². The number of nitriles is 1. The molecule has 0 spiro atoms. The summed E-state index contributed by atoms with van der Waals surface area (Å²) in [6.07, 6.45) is -0.0313. The molecule has 0 fully saturated rings. The number of nitrogens with zero attached hydrogens (tertiary/aromatic N) is 2. The minimum absolute atomic E-state index is 0.0313. The van der Waals surface area contributed by atoms with Crippen molar-refractivity contribution in [2.75, 3.05) is 10.6 Å². The van der Waals surface area contributed by atoms with Crippen LogP contribution < -0.4 is 15.4 Å². The molecule has 0 aliphatic carbocycles. The monoisotopic (exact) mass is 313 g/mol. The second-order valence-corrected chi connectivity index (χ2v) is 5.38. The normalized spacial score (nSPS) is 10.3. The van der Waals surface area contributed by atoms with Gasteiger partial charge in [-0.3, -0.25) is 5.10 Å². The zero-order valence-corrected chi connectivity index (χ0v) is 13.5. The van der Waals surface area contributed by atoms with E-state index in [4.69, 9.17) is 4.74 Å². The molecule has 0 saturated carbocycles. The molecule has 7 nitrogen and oxygen atoms in total. The van der Waals surface area contributed by atoms with Crippen LogP contribution in [-0.2, 0) is 0 Å². The number of aromatic amines is 1. The number of rotatable bonds is 4. The zero-order chi connectivity index (χ0) is 17.0. The number of carbonyl (C=O) groups excluding carboxylic acids is 1. The van der Waals surface area contributed by atoms with Gasteiger partial charge in [0.2, 0.25) is 0 Å². The maximum atomic E-state index is 12.1. The Kier molecular flexibility index (Phi) is 4.86. The van der Waals surface area contributed by atoms with Gasteiger partial charge in [-0.15, -0.1) is 0 Å². The first kappa shape index (κ1) is 16.4. The highest BCUT2D eigenvalue weighted by atomic mass is 16.5. The summed E-state index contributed by atoms with van der Waals surface area (Å²) in [5.74, 6) is 0.495. The van der Waals surface area contributed by atoms with Crippen molar-refractivity contribution in [3.8, 4) is 11.8 Å². The van der Waals surface area contributed by atoms with Crippen LogP contribution in [0, 0.1) is 25.2 Å². The quantitative estimate of drug-likeness (QED) is 0.805. The number of hydrogen-bond donors (Lipinski definition) is 3. The summed E-state index contributed by atoms with van der Waals surface area (Å²) in [4.78, 5) is 12.1. The average molecular weight is 313 g/mol. The first-order valence-corrected chi connectivity index (χ1v) is 7.21. The Morgan fingerprint density at radius 1 is 1.35 bits per heavy atom. The van der Waals surface area contributed by atoms with Gasteiger partial charge < -0.3 is 15.4 Å². The number of nitrogens with one attached hydrogen (secondary N) is 3. The third-order valence-electron chi connectivity index (χ3n) is 3.09. The van der Waals surface area contributed by atoms with Crippen LogP contribution in [0.25, 0.3) is 0 Å². The summed E-state index contributed by atoms with van der Waals surface area (Å²) >= 11 is 0. The number of carbonyl (C=O) groups is 1. The minimum Gasteiger partial charge on any atom is -0.490 e. The largest absolute Gasteiger partial charge is 0.490 e. The zero-order valence-electron chi connectivity index (χ0n) is 13.5. The van der Waals surface area contributed by atoms with Gasteiger partial charge >= 0.3 is 6.03 Å². The van der Waals surface area contributed by atoms with Crippen molar-refractivity contribution in [2.45, 2.75) is 33.8 Å². The molecule has 1 aromatic heterocycles. The van der Waals surface area contributed by atoms with Crippen LogP contribution in [0.4, 0.5) is 16.2 Å². The van der Waals surface area contributed by atoms with Crippen LogP contribution >= 0.6 is 0 Å². The number of benzene rings is 1. The fraction of sp³-hybridized carbons (Fsp3) is 0.312. The van der Waals surface area contributed by atoms with Gasteiger partial charge in [-0.05, 0) is 45.9 Å². The number of urea groups is 1. The second kappa shape index (κ2) is 6.83. The first-order valence-electron chi connectivity index (χ1n) is 7.21. The van der Waals surface area contributed by atoms with Gasteiger partial charge in [0.1, 0.15) is 11.8 Å². The SMILES string of the molecule is Cc1n[nH]c(C)c1NC(=O)Nc1ccc(OC(C)C)c(C#N)c1. The maximum absolute atomic E-state index is 12.1. The van der Waals surface area contributed by atoms with E-state index in [1.807, 2.05) is 20.8 Å². The van der Waals surface area contributed by atoms with E-state index >= 15 is 0 Å². The molecule has 7 heteroatoms. The van der Waals surface area contributed by atoms with Crippen LogP contribution in [0.5, 0.6) is 5.75 Å². The molecule has 3 N–H and O–H groups in total.